The number of rotatable bonds is 2. The third-order valence-electron chi connectivity index (χ3n) is 3.85. The van der Waals surface area contributed by atoms with Crippen molar-refractivity contribution >= 4 is 0 Å². The van der Waals surface area contributed by atoms with Crippen LogP contribution in [0.5, 0.6) is 0 Å². The van der Waals surface area contributed by atoms with Gasteiger partial charge in [0.2, 0.25) is 0 Å². The Labute approximate surface area is 92.7 Å². The van der Waals surface area contributed by atoms with Crippen LogP contribution >= 0.6 is 0 Å². The number of likely N-dealkylation sites (N-methyl/N-ethyl adjacent to an activating group) is 1. The second-order valence-corrected chi connectivity index (χ2v) is 5.06. The van der Waals surface area contributed by atoms with Crippen molar-refractivity contribution in [1.82, 2.24) is 9.80 Å². The molecule has 0 amide bonds. The van der Waals surface area contributed by atoms with Gasteiger partial charge in [0.15, 0.2) is 0 Å². The first kappa shape index (κ1) is 10.9. The molecule has 1 aliphatic carbocycles. The van der Waals surface area contributed by atoms with Gasteiger partial charge in [0.1, 0.15) is 0 Å². The quantitative estimate of drug-likeness (QED) is 0.686. The van der Waals surface area contributed by atoms with E-state index in [1.54, 1.807) is 0 Å². The van der Waals surface area contributed by atoms with Gasteiger partial charge in [-0.2, -0.15) is 5.26 Å². The van der Waals surface area contributed by atoms with Crippen molar-refractivity contribution in [3.8, 4) is 6.07 Å². The Bertz CT molecular complexity index is 254. The van der Waals surface area contributed by atoms with Crippen molar-refractivity contribution in [3.63, 3.8) is 0 Å². The summed E-state index contributed by atoms with van der Waals surface area (Å²) < 4.78 is 0. The van der Waals surface area contributed by atoms with Crippen LogP contribution in [0.4, 0.5) is 0 Å². The lowest BCUT2D eigenvalue weighted by Gasteiger charge is -2.29. The Morgan fingerprint density at radius 3 is 2.67 bits per heavy atom. The molecule has 1 saturated heterocycles. The first-order valence-corrected chi connectivity index (χ1v) is 6.05. The molecule has 0 aromatic heterocycles. The second-order valence-electron chi connectivity index (χ2n) is 5.06. The molecule has 2 unspecified atom stereocenters. The summed E-state index contributed by atoms with van der Waals surface area (Å²) in [5.74, 6) is 0. The van der Waals surface area contributed by atoms with Crippen LogP contribution in [0.25, 0.3) is 0 Å². The van der Waals surface area contributed by atoms with E-state index in [1.165, 1.54) is 19.3 Å². The molecule has 0 aromatic rings. The van der Waals surface area contributed by atoms with Gasteiger partial charge >= 0.3 is 0 Å². The Morgan fingerprint density at radius 2 is 2.07 bits per heavy atom. The zero-order valence-corrected chi connectivity index (χ0v) is 9.82. The number of hydrogen-bond donors (Lipinski definition) is 0. The lowest BCUT2D eigenvalue weighted by Crippen LogP contribution is -2.41. The molecule has 0 N–H and O–H groups in total. The third-order valence-corrected chi connectivity index (χ3v) is 3.85. The van der Waals surface area contributed by atoms with Crippen LogP contribution in [0.2, 0.25) is 0 Å². The number of nitriles is 1. The largest absolute Gasteiger partial charge is 0.301 e. The van der Waals surface area contributed by atoms with E-state index in [0.717, 1.165) is 19.1 Å². The zero-order valence-electron chi connectivity index (χ0n) is 9.82. The summed E-state index contributed by atoms with van der Waals surface area (Å²) in [6.07, 6.45) is 4.65. The molecular formula is C12H21N3. The Balaban J connectivity index is 2.02. The van der Waals surface area contributed by atoms with E-state index in [4.69, 9.17) is 5.26 Å². The lowest BCUT2D eigenvalue weighted by atomic mass is 10.2. The van der Waals surface area contributed by atoms with Crippen LogP contribution in [-0.2, 0) is 0 Å². The molecule has 2 fully saturated rings. The van der Waals surface area contributed by atoms with Gasteiger partial charge in [-0.3, -0.25) is 4.90 Å². The average molecular weight is 207 g/mol. The predicted molar refractivity (Wildman–Crippen MR) is 60.5 cm³/mol. The zero-order chi connectivity index (χ0) is 10.8. The highest BCUT2D eigenvalue weighted by molar-refractivity contribution is 4.94. The predicted octanol–water partition coefficient (Wildman–Crippen LogP) is 1.46. The Kier molecular flexibility index (Phi) is 3.28. The molecule has 0 aromatic carbocycles. The van der Waals surface area contributed by atoms with Crippen LogP contribution in [0.3, 0.4) is 0 Å². The first-order valence-electron chi connectivity index (χ1n) is 6.05. The maximum absolute atomic E-state index is 8.84. The molecule has 84 valence electrons. The van der Waals surface area contributed by atoms with E-state index >= 15 is 0 Å². The van der Waals surface area contributed by atoms with Gasteiger partial charge in [0.25, 0.3) is 0 Å². The van der Waals surface area contributed by atoms with Gasteiger partial charge in [-0.05, 0) is 39.8 Å². The minimum Gasteiger partial charge on any atom is -0.301 e. The van der Waals surface area contributed by atoms with Crippen LogP contribution in [0.15, 0.2) is 0 Å². The van der Waals surface area contributed by atoms with Gasteiger partial charge in [0, 0.05) is 24.7 Å². The summed E-state index contributed by atoms with van der Waals surface area (Å²) in [6.45, 7) is 4.56. The summed E-state index contributed by atoms with van der Waals surface area (Å²) in [7, 11) is 2.16. The van der Waals surface area contributed by atoms with E-state index in [9.17, 15) is 0 Å². The van der Waals surface area contributed by atoms with Crippen molar-refractivity contribution in [1.29, 1.82) is 5.26 Å². The molecular weight excluding hydrogens is 186 g/mol. The fraction of sp³-hybridized carbons (Fsp3) is 0.917. The second kappa shape index (κ2) is 4.51. The van der Waals surface area contributed by atoms with E-state index in [0.29, 0.717) is 18.5 Å². The minimum atomic E-state index is 0.445. The molecule has 0 radical (unpaired) electrons. The summed E-state index contributed by atoms with van der Waals surface area (Å²) >= 11 is 0. The van der Waals surface area contributed by atoms with Crippen molar-refractivity contribution < 1.29 is 0 Å². The monoisotopic (exact) mass is 207 g/mol. The molecule has 1 aliphatic heterocycles. The van der Waals surface area contributed by atoms with E-state index in [1.807, 2.05) is 0 Å². The summed E-state index contributed by atoms with van der Waals surface area (Å²) in [5, 5.41) is 8.84. The molecule has 3 nitrogen and oxygen atoms in total. The molecule has 3 heteroatoms. The normalized spacial score (nSPS) is 34.7. The van der Waals surface area contributed by atoms with E-state index in [2.05, 4.69) is 29.8 Å². The third kappa shape index (κ3) is 2.50. The van der Waals surface area contributed by atoms with Crippen LogP contribution < -0.4 is 0 Å². The maximum Gasteiger partial charge on any atom is 0.0638 e. The highest BCUT2D eigenvalue weighted by atomic mass is 15.3. The number of nitrogens with zero attached hydrogens (tertiary/aromatic N) is 3. The molecule has 2 rings (SSSR count). The minimum absolute atomic E-state index is 0.445. The number of hydrogen-bond acceptors (Lipinski definition) is 3. The first-order chi connectivity index (χ1) is 7.22. The fourth-order valence-electron chi connectivity index (χ4n) is 2.54. The summed E-state index contributed by atoms with van der Waals surface area (Å²) in [5.41, 5.74) is 0. The van der Waals surface area contributed by atoms with Crippen LogP contribution in [0.1, 0.15) is 32.6 Å². The summed E-state index contributed by atoms with van der Waals surface area (Å²) in [6, 6.07) is 4.29. The van der Waals surface area contributed by atoms with Gasteiger partial charge in [-0.25, -0.2) is 0 Å². The lowest BCUT2D eigenvalue weighted by molar-refractivity contribution is 0.174. The average Bonchev–Trinajstić information content (AvgIpc) is 3.02. The van der Waals surface area contributed by atoms with Crippen molar-refractivity contribution in [2.45, 2.75) is 50.7 Å². The van der Waals surface area contributed by atoms with E-state index < -0.39 is 0 Å². The molecule has 2 atom stereocenters. The highest BCUT2D eigenvalue weighted by Crippen LogP contribution is 2.31. The molecule has 2 aliphatic rings. The molecule has 15 heavy (non-hydrogen) atoms. The maximum atomic E-state index is 8.84. The van der Waals surface area contributed by atoms with Gasteiger partial charge in [-0.15, -0.1) is 0 Å². The highest BCUT2D eigenvalue weighted by Gasteiger charge is 2.36. The Morgan fingerprint density at radius 1 is 1.33 bits per heavy atom. The molecule has 0 spiro atoms. The van der Waals surface area contributed by atoms with Gasteiger partial charge in [0.05, 0.1) is 12.5 Å². The molecule has 1 saturated carbocycles. The van der Waals surface area contributed by atoms with E-state index in [-0.39, 0.29) is 0 Å². The smallest absolute Gasteiger partial charge is 0.0638 e. The molecule has 0 bridgehead atoms. The summed E-state index contributed by atoms with van der Waals surface area (Å²) in [4.78, 5) is 4.99. The van der Waals surface area contributed by atoms with Gasteiger partial charge in [-0.1, -0.05) is 0 Å². The van der Waals surface area contributed by atoms with Crippen molar-refractivity contribution in [3.05, 3.63) is 0 Å². The Hall–Kier alpha value is -0.590. The fourth-order valence-corrected chi connectivity index (χ4v) is 2.54. The van der Waals surface area contributed by atoms with Crippen molar-refractivity contribution in [2.24, 2.45) is 0 Å². The standard InChI is InChI=1S/C12H21N3/c1-10-6-8-14(2)12(5-7-13)9-15(10)11-3-4-11/h10-12H,3-6,8-9H2,1-2H3. The SMILES string of the molecule is CC1CCN(C)C(CC#N)CN1C1CC1. The van der Waals surface area contributed by atoms with Gasteiger partial charge < -0.3 is 4.90 Å². The van der Waals surface area contributed by atoms with Crippen molar-refractivity contribution in [2.75, 3.05) is 20.1 Å². The topological polar surface area (TPSA) is 30.3 Å². The molecule has 1 heterocycles. The van der Waals surface area contributed by atoms with Crippen LogP contribution in [-0.4, -0.2) is 48.1 Å². The van der Waals surface area contributed by atoms with Crippen LogP contribution in [0, 0.1) is 11.3 Å².